The topological polar surface area (TPSA) is 73.2 Å². The third-order valence-corrected chi connectivity index (χ3v) is 4.35. The van der Waals surface area contributed by atoms with Crippen LogP contribution in [0.2, 0.25) is 5.02 Å². The Morgan fingerprint density at radius 3 is 2.96 bits per heavy atom. The molecule has 0 unspecified atom stereocenters. The number of aromatic nitrogens is 2. The summed E-state index contributed by atoms with van der Waals surface area (Å²) >= 11 is 5.93. The number of fused-ring (bicyclic) bond motifs is 1. The van der Waals surface area contributed by atoms with Crippen molar-refractivity contribution in [2.75, 3.05) is 18.5 Å². The molecule has 1 N–H and O–H groups in total. The number of carbonyl (C=O) groups excluding carboxylic acids is 2. The van der Waals surface area contributed by atoms with Gasteiger partial charge in [0.2, 0.25) is 0 Å². The number of aryl methyl sites for hydroxylation is 1. The van der Waals surface area contributed by atoms with Crippen molar-refractivity contribution in [3.8, 4) is 0 Å². The highest BCUT2D eigenvalue weighted by Crippen LogP contribution is 2.24. The zero-order valence-corrected chi connectivity index (χ0v) is 14.8. The number of nitrogens with one attached hydrogen (secondary N) is 1. The third kappa shape index (κ3) is 3.85. The minimum Gasteiger partial charge on any atom is -0.461 e. The Kier molecular flexibility index (Phi) is 5.38. The largest absolute Gasteiger partial charge is 0.461 e. The summed E-state index contributed by atoms with van der Waals surface area (Å²) in [6, 6.07) is 6.78. The van der Waals surface area contributed by atoms with Gasteiger partial charge in [0.15, 0.2) is 17.3 Å². The molecule has 132 valence electrons. The summed E-state index contributed by atoms with van der Waals surface area (Å²) in [5.74, 6) is 0.724. The highest BCUT2D eigenvalue weighted by Gasteiger charge is 2.26. The van der Waals surface area contributed by atoms with Crippen molar-refractivity contribution in [1.82, 2.24) is 9.55 Å². The number of anilines is 1. The molecule has 0 spiro atoms. The first kappa shape index (κ1) is 17.5. The van der Waals surface area contributed by atoms with Gasteiger partial charge in [-0.05, 0) is 31.9 Å². The predicted molar refractivity (Wildman–Crippen MR) is 95.4 cm³/mol. The van der Waals surface area contributed by atoms with Crippen molar-refractivity contribution in [1.29, 1.82) is 0 Å². The lowest BCUT2D eigenvalue weighted by atomic mass is 10.1. The maximum absolute atomic E-state index is 12.3. The number of ketones is 1. The summed E-state index contributed by atoms with van der Waals surface area (Å²) in [7, 11) is 0. The van der Waals surface area contributed by atoms with Crippen molar-refractivity contribution in [3.63, 3.8) is 0 Å². The number of nitrogens with zero attached hydrogens (tertiary/aromatic N) is 2. The van der Waals surface area contributed by atoms with Crippen LogP contribution >= 0.6 is 11.6 Å². The van der Waals surface area contributed by atoms with Gasteiger partial charge in [-0.2, -0.15) is 0 Å². The molecule has 0 saturated heterocycles. The van der Waals surface area contributed by atoms with E-state index in [-0.39, 0.29) is 12.3 Å². The molecule has 25 heavy (non-hydrogen) atoms. The molecular formula is C18H20ClN3O3. The first-order valence-corrected chi connectivity index (χ1v) is 8.77. The van der Waals surface area contributed by atoms with Gasteiger partial charge in [0.05, 0.1) is 13.2 Å². The molecule has 0 saturated carbocycles. The van der Waals surface area contributed by atoms with Crippen molar-refractivity contribution in [2.45, 2.75) is 32.7 Å². The van der Waals surface area contributed by atoms with Crippen molar-refractivity contribution in [2.24, 2.45) is 0 Å². The summed E-state index contributed by atoms with van der Waals surface area (Å²) in [6.45, 7) is 2.82. The lowest BCUT2D eigenvalue weighted by molar-refractivity contribution is 0.0513. The van der Waals surface area contributed by atoms with E-state index in [1.165, 1.54) is 0 Å². The number of ether oxygens (including phenoxy) is 1. The summed E-state index contributed by atoms with van der Waals surface area (Å²) < 4.78 is 7.05. The van der Waals surface area contributed by atoms with Crippen LogP contribution in [0, 0.1) is 0 Å². The molecule has 3 rings (SSSR count). The second-order valence-corrected chi connectivity index (χ2v) is 6.28. The molecule has 2 aromatic rings. The molecule has 0 atom stereocenters. The van der Waals surface area contributed by atoms with Gasteiger partial charge in [0, 0.05) is 23.6 Å². The van der Waals surface area contributed by atoms with Gasteiger partial charge >= 0.3 is 5.97 Å². The van der Waals surface area contributed by atoms with Crippen molar-refractivity contribution in [3.05, 3.63) is 46.4 Å². The van der Waals surface area contributed by atoms with E-state index >= 15 is 0 Å². The van der Waals surface area contributed by atoms with Crippen LogP contribution in [0.5, 0.6) is 0 Å². The molecule has 0 bridgehead atoms. The quantitative estimate of drug-likeness (QED) is 0.631. The number of hydrogen-bond acceptors (Lipinski definition) is 5. The fourth-order valence-electron chi connectivity index (χ4n) is 2.94. The molecule has 6 nitrogen and oxygen atoms in total. The van der Waals surface area contributed by atoms with E-state index in [0.717, 1.165) is 31.6 Å². The molecule has 0 amide bonds. The standard InChI is InChI=1S/C18H20ClN3O3/c1-2-25-18(24)16-17(21-15-8-3-4-9-22(15)16)20-11-14(23)12-6-5-7-13(19)10-12/h5-7,10,20H,2-4,8-9,11H2,1H3. The normalized spacial score (nSPS) is 13.2. The molecule has 1 aromatic carbocycles. The number of esters is 1. The highest BCUT2D eigenvalue weighted by atomic mass is 35.5. The second kappa shape index (κ2) is 7.70. The van der Waals surface area contributed by atoms with Gasteiger partial charge in [-0.3, -0.25) is 4.79 Å². The van der Waals surface area contributed by atoms with Crippen LogP contribution in [0.3, 0.4) is 0 Å². The van der Waals surface area contributed by atoms with Gasteiger partial charge in [0.1, 0.15) is 5.82 Å². The highest BCUT2D eigenvalue weighted by molar-refractivity contribution is 6.31. The summed E-state index contributed by atoms with van der Waals surface area (Å²) in [6.07, 6.45) is 2.85. The Morgan fingerprint density at radius 1 is 1.36 bits per heavy atom. The van der Waals surface area contributed by atoms with Gasteiger partial charge in [-0.25, -0.2) is 9.78 Å². The fraction of sp³-hybridized carbons (Fsp3) is 0.389. The molecule has 0 fully saturated rings. The molecule has 1 aromatic heterocycles. The van der Waals surface area contributed by atoms with E-state index in [1.54, 1.807) is 31.2 Å². The molecular weight excluding hydrogens is 342 g/mol. The second-order valence-electron chi connectivity index (χ2n) is 5.84. The van der Waals surface area contributed by atoms with Gasteiger partial charge in [0.25, 0.3) is 0 Å². The SMILES string of the molecule is CCOC(=O)c1c(NCC(=O)c2cccc(Cl)c2)nc2n1CCCC2. The molecule has 0 aliphatic carbocycles. The van der Waals surface area contributed by atoms with E-state index in [1.807, 2.05) is 4.57 Å². The van der Waals surface area contributed by atoms with Crippen LogP contribution in [0.25, 0.3) is 0 Å². The average Bonchev–Trinajstić information content (AvgIpc) is 2.98. The van der Waals surface area contributed by atoms with Gasteiger partial charge < -0.3 is 14.6 Å². The fourth-order valence-corrected chi connectivity index (χ4v) is 3.13. The number of benzene rings is 1. The average molecular weight is 362 g/mol. The van der Waals surface area contributed by atoms with Crippen LogP contribution in [-0.2, 0) is 17.7 Å². The molecule has 1 aliphatic heterocycles. The van der Waals surface area contributed by atoms with Crippen LogP contribution in [-0.4, -0.2) is 34.5 Å². The maximum Gasteiger partial charge on any atom is 0.358 e. The lowest BCUT2D eigenvalue weighted by Gasteiger charge is -2.15. The number of carbonyl (C=O) groups is 2. The molecule has 2 heterocycles. The van der Waals surface area contributed by atoms with Gasteiger partial charge in [-0.1, -0.05) is 23.7 Å². The molecule has 1 aliphatic rings. The number of imidazole rings is 1. The number of halogens is 1. The van der Waals surface area contributed by atoms with Crippen molar-refractivity contribution >= 4 is 29.2 Å². The molecule has 0 radical (unpaired) electrons. The Bertz CT molecular complexity index is 801. The Morgan fingerprint density at radius 2 is 2.20 bits per heavy atom. The lowest BCUT2D eigenvalue weighted by Crippen LogP contribution is -2.20. The van der Waals surface area contributed by atoms with E-state index in [0.29, 0.717) is 28.7 Å². The van der Waals surface area contributed by atoms with E-state index in [9.17, 15) is 9.59 Å². The van der Waals surface area contributed by atoms with Crippen LogP contribution in [0.15, 0.2) is 24.3 Å². The number of hydrogen-bond donors (Lipinski definition) is 1. The summed E-state index contributed by atoms with van der Waals surface area (Å²) in [4.78, 5) is 29.2. The maximum atomic E-state index is 12.3. The Balaban J connectivity index is 1.81. The Hall–Kier alpha value is -2.34. The summed E-state index contributed by atoms with van der Waals surface area (Å²) in [5, 5.41) is 3.51. The zero-order chi connectivity index (χ0) is 17.8. The molecule has 7 heteroatoms. The van der Waals surface area contributed by atoms with Crippen LogP contribution < -0.4 is 5.32 Å². The van der Waals surface area contributed by atoms with Gasteiger partial charge in [-0.15, -0.1) is 0 Å². The summed E-state index contributed by atoms with van der Waals surface area (Å²) in [5.41, 5.74) is 0.914. The van der Waals surface area contributed by atoms with Crippen molar-refractivity contribution < 1.29 is 14.3 Å². The zero-order valence-electron chi connectivity index (χ0n) is 14.0. The monoisotopic (exact) mass is 361 g/mol. The minimum absolute atomic E-state index is 0.0310. The van der Waals surface area contributed by atoms with Crippen LogP contribution in [0.4, 0.5) is 5.82 Å². The predicted octanol–water partition coefficient (Wildman–Crippen LogP) is 3.34. The van der Waals surface area contributed by atoms with E-state index < -0.39 is 5.97 Å². The first-order chi connectivity index (χ1) is 12.1. The van der Waals surface area contributed by atoms with Crippen LogP contribution in [0.1, 0.15) is 46.4 Å². The van der Waals surface area contributed by atoms with E-state index in [4.69, 9.17) is 16.3 Å². The smallest absolute Gasteiger partial charge is 0.358 e. The Labute approximate surface area is 151 Å². The van der Waals surface area contributed by atoms with E-state index in [2.05, 4.69) is 10.3 Å². The number of Topliss-reactive ketones (excluding diaryl/α,β-unsaturated/α-hetero) is 1. The third-order valence-electron chi connectivity index (χ3n) is 4.11. The minimum atomic E-state index is -0.416. The number of rotatable bonds is 6. The first-order valence-electron chi connectivity index (χ1n) is 8.39.